The highest BCUT2D eigenvalue weighted by atomic mass is 16.4. The molecule has 0 spiro atoms. The fraction of sp³-hybridized carbons (Fsp3) is 0.167. The summed E-state index contributed by atoms with van der Waals surface area (Å²) in [4.78, 5) is 0. The molecule has 2 N–H and O–H groups in total. The van der Waals surface area contributed by atoms with Crippen LogP contribution in [0.4, 0.5) is 0 Å². The molecule has 0 saturated carbocycles. The van der Waals surface area contributed by atoms with Gasteiger partial charge in [-0.15, -0.1) is 0 Å². The Bertz CT molecular complexity index is 403. The van der Waals surface area contributed by atoms with Crippen LogP contribution in [-0.2, 0) is 6.42 Å². The summed E-state index contributed by atoms with van der Waals surface area (Å²) in [5, 5.41) is 18.9. The van der Waals surface area contributed by atoms with Crippen LogP contribution in [0.1, 0.15) is 17.4 Å². The second kappa shape index (κ2) is 4.19. The lowest BCUT2D eigenvalue weighted by molar-refractivity contribution is 0.150. The van der Waals surface area contributed by atoms with E-state index in [0.29, 0.717) is 12.2 Å². The molecule has 0 aliphatic carbocycles. The first-order chi connectivity index (χ1) is 7.25. The van der Waals surface area contributed by atoms with Crippen LogP contribution in [0.2, 0.25) is 0 Å². The normalized spacial score (nSPS) is 12.6. The van der Waals surface area contributed by atoms with Crippen molar-refractivity contribution in [2.45, 2.75) is 12.5 Å². The molecule has 0 bridgehead atoms. The number of furan rings is 1. The standard InChI is InChI=1S/C12H12O3/c13-10-5-3-9(4-6-10)8-11(14)12-2-1-7-15-12/h1-7,11,13-14H,8H2. The van der Waals surface area contributed by atoms with E-state index in [9.17, 15) is 5.11 Å². The maximum Gasteiger partial charge on any atom is 0.132 e. The lowest BCUT2D eigenvalue weighted by atomic mass is 10.1. The number of aliphatic hydroxyl groups is 1. The lowest BCUT2D eigenvalue weighted by Crippen LogP contribution is -1.99. The van der Waals surface area contributed by atoms with E-state index in [0.717, 1.165) is 5.56 Å². The minimum absolute atomic E-state index is 0.228. The first kappa shape index (κ1) is 9.80. The van der Waals surface area contributed by atoms with Gasteiger partial charge in [-0.1, -0.05) is 12.1 Å². The maximum atomic E-state index is 9.78. The van der Waals surface area contributed by atoms with Crippen LogP contribution in [0.3, 0.4) is 0 Å². The number of benzene rings is 1. The largest absolute Gasteiger partial charge is 0.508 e. The predicted molar refractivity (Wildman–Crippen MR) is 55.5 cm³/mol. The van der Waals surface area contributed by atoms with Crippen molar-refractivity contribution in [2.24, 2.45) is 0 Å². The number of rotatable bonds is 3. The number of phenolic OH excluding ortho intramolecular Hbond substituents is 1. The molecule has 1 heterocycles. The summed E-state index contributed by atoms with van der Waals surface area (Å²) in [5.41, 5.74) is 0.955. The molecule has 3 nitrogen and oxygen atoms in total. The average Bonchev–Trinajstić information content (AvgIpc) is 2.74. The molecular formula is C12H12O3. The van der Waals surface area contributed by atoms with E-state index < -0.39 is 6.10 Å². The monoisotopic (exact) mass is 204 g/mol. The highest BCUT2D eigenvalue weighted by Gasteiger charge is 2.10. The van der Waals surface area contributed by atoms with Gasteiger partial charge in [0.15, 0.2) is 0 Å². The third kappa shape index (κ3) is 2.39. The summed E-state index contributed by atoms with van der Waals surface area (Å²) in [5.74, 6) is 0.786. The molecule has 1 atom stereocenters. The fourth-order valence-corrected chi connectivity index (χ4v) is 1.44. The summed E-state index contributed by atoms with van der Waals surface area (Å²) < 4.78 is 5.09. The summed E-state index contributed by atoms with van der Waals surface area (Å²) in [6.07, 6.45) is 1.38. The Labute approximate surface area is 87.6 Å². The van der Waals surface area contributed by atoms with Crippen LogP contribution in [-0.4, -0.2) is 10.2 Å². The van der Waals surface area contributed by atoms with Crippen molar-refractivity contribution in [1.29, 1.82) is 0 Å². The van der Waals surface area contributed by atoms with Crippen molar-refractivity contribution < 1.29 is 14.6 Å². The number of aliphatic hydroxyl groups excluding tert-OH is 1. The Balaban J connectivity index is 2.06. The molecule has 2 aromatic rings. The van der Waals surface area contributed by atoms with Gasteiger partial charge in [-0.25, -0.2) is 0 Å². The van der Waals surface area contributed by atoms with Crippen molar-refractivity contribution in [3.63, 3.8) is 0 Å². The number of hydrogen-bond acceptors (Lipinski definition) is 3. The minimum atomic E-state index is -0.635. The van der Waals surface area contributed by atoms with Crippen molar-refractivity contribution in [3.05, 3.63) is 54.0 Å². The first-order valence-electron chi connectivity index (χ1n) is 4.75. The van der Waals surface area contributed by atoms with E-state index in [1.54, 1.807) is 36.4 Å². The lowest BCUT2D eigenvalue weighted by Gasteiger charge is -2.07. The Morgan fingerprint density at radius 2 is 1.87 bits per heavy atom. The highest BCUT2D eigenvalue weighted by molar-refractivity contribution is 5.26. The van der Waals surface area contributed by atoms with Gasteiger partial charge in [0, 0.05) is 6.42 Å². The molecule has 1 unspecified atom stereocenters. The van der Waals surface area contributed by atoms with Crippen LogP contribution in [0, 0.1) is 0 Å². The molecule has 0 aliphatic heterocycles. The second-order valence-corrected chi connectivity index (χ2v) is 3.40. The van der Waals surface area contributed by atoms with Crippen LogP contribution in [0.15, 0.2) is 47.1 Å². The molecule has 0 radical (unpaired) electrons. The Morgan fingerprint density at radius 3 is 2.47 bits per heavy atom. The number of aromatic hydroxyl groups is 1. The van der Waals surface area contributed by atoms with Crippen molar-refractivity contribution in [1.82, 2.24) is 0 Å². The molecule has 0 aliphatic rings. The summed E-state index contributed by atoms with van der Waals surface area (Å²) in [6.45, 7) is 0. The third-order valence-corrected chi connectivity index (χ3v) is 2.24. The van der Waals surface area contributed by atoms with Gasteiger partial charge < -0.3 is 14.6 Å². The van der Waals surface area contributed by atoms with Gasteiger partial charge in [0.05, 0.1) is 6.26 Å². The van der Waals surface area contributed by atoms with Crippen molar-refractivity contribution in [3.8, 4) is 5.75 Å². The Kier molecular flexibility index (Phi) is 2.74. The van der Waals surface area contributed by atoms with Gasteiger partial charge in [0.1, 0.15) is 17.6 Å². The smallest absolute Gasteiger partial charge is 0.132 e. The SMILES string of the molecule is Oc1ccc(CC(O)c2ccco2)cc1. The molecule has 0 saturated heterocycles. The maximum absolute atomic E-state index is 9.78. The van der Waals surface area contributed by atoms with Crippen LogP contribution in [0.25, 0.3) is 0 Å². The Hall–Kier alpha value is -1.74. The van der Waals surface area contributed by atoms with Crippen molar-refractivity contribution >= 4 is 0 Å². The number of hydrogen-bond donors (Lipinski definition) is 2. The Morgan fingerprint density at radius 1 is 1.13 bits per heavy atom. The van der Waals surface area contributed by atoms with E-state index in [4.69, 9.17) is 9.52 Å². The summed E-state index contributed by atoms with van der Waals surface area (Å²) >= 11 is 0. The van der Waals surface area contributed by atoms with Gasteiger partial charge in [-0.05, 0) is 29.8 Å². The zero-order valence-electron chi connectivity index (χ0n) is 8.13. The topological polar surface area (TPSA) is 53.6 Å². The highest BCUT2D eigenvalue weighted by Crippen LogP contribution is 2.19. The fourth-order valence-electron chi connectivity index (χ4n) is 1.44. The van der Waals surface area contributed by atoms with Crippen LogP contribution >= 0.6 is 0 Å². The molecule has 78 valence electrons. The van der Waals surface area contributed by atoms with Gasteiger partial charge in [0.2, 0.25) is 0 Å². The van der Waals surface area contributed by atoms with Gasteiger partial charge in [0.25, 0.3) is 0 Å². The molecule has 1 aromatic heterocycles. The zero-order valence-corrected chi connectivity index (χ0v) is 8.13. The zero-order chi connectivity index (χ0) is 10.7. The van der Waals surface area contributed by atoms with E-state index in [1.807, 2.05) is 0 Å². The van der Waals surface area contributed by atoms with E-state index >= 15 is 0 Å². The predicted octanol–water partition coefficient (Wildman–Crippen LogP) is 2.26. The molecule has 3 heteroatoms. The van der Waals surface area contributed by atoms with Crippen LogP contribution in [0.5, 0.6) is 5.75 Å². The first-order valence-corrected chi connectivity index (χ1v) is 4.75. The molecule has 1 aromatic carbocycles. The van der Waals surface area contributed by atoms with Crippen LogP contribution < -0.4 is 0 Å². The van der Waals surface area contributed by atoms with E-state index in [1.165, 1.54) is 6.26 Å². The van der Waals surface area contributed by atoms with E-state index in [2.05, 4.69) is 0 Å². The molecule has 15 heavy (non-hydrogen) atoms. The molecule has 0 amide bonds. The second-order valence-electron chi connectivity index (χ2n) is 3.40. The van der Waals surface area contributed by atoms with E-state index in [-0.39, 0.29) is 5.75 Å². The molecular weight excluding hydrogens is 192 g/mol. The van der Waals surface area contributed by atoms with Gasteiger partial charge in [-0.2, -0.15) is 0 Å². The third-order valence-electron chi connectivity index (χ3n) is 2.24. The summed E-state index contributed by atoms with van der Waals surface area (Å²) in [6, 6.07) is 10.2. The molecule has 0 fully saturated rings. The quantitative estimate of drug-likeness (QED) is 0.806. The average molecular weight is 204 g/mol. The summed E-state index contributed by atoms with van der Waals surface area (Å²) in [7, 11) is 0. The van der Waals surface area contributed by atoms with Crippen molar-refractivity contribution in [2.75, 3.05) is 0 Å². The molecule has 2 rings (SSSR count). The number of phenols is 1. The minimum Gasteiger partial charge on any atom is -0.508 e. The van der Waals surface area contributed by atoms with Gasteiger partial charge >= 0.3 is 0 Å². The van der Waals surface area contributed by atoms with Gasteiger partial charge in [-0.3, -0.25) is 0 Å².